The van der Waals surface area contributed by atoms with Crippen molar-refractivity contribution in [3.05, 3.63) is 23.8 Å². The molecule has 0 aromatic heterocycles. The van der Waals surface area contributed by atoms with Crippen molar-refractivity contribution >= 4 is 40.2 Å². The highest BCUT2D eigenvalue weighted by atomic mass is 35.5. The molecule has 1 aromatic rings. The first kappa shape index (κ1) is 10.5. The Morgan fingerprint density at radius 2 is 2.27 bits per heavy atom. The van der Waals surface area contributed by atoms with Crippen LogP contribution in [0, 0.1) is 0 Å². The number of carbonyl (C=O) groups excluding carboxylic acids is 2. The second-order valence-corrected chi connectivity index (χ2v) is 4.96. The van der Waals surface area contributed by atoms with Crippen LogP contribution >= 0.6 is 23.4 Å². The summed E-state index contributed by atoms with van der Waals surface area (Å²) >= 11 is 6.83. The number of rotatable bonds is 1. The van der Waals surface area contributed by atoms with E-state index in [0.717, 1.165) is 4.90 Å². The zero-order valence-corrected chi connectivity index (χ0v) is 9.48. The van der Waals surface area contributed by atoms with E-state index in [-0.39, 0.29) is 11.2 Å². The molecule has 1 atom stereocenters. The maximum Gasteiger partial charge on any atom is 0.252 e. The first-order valence-electron chi connectivity index (χ1n) is 4.39. The third kappa shape index (κ3) is 2.01. The third-order valence-corrected chi connectivity index (χ3v) is 3.53. The maximum absolute atomic E-state index is 11.4. The summed E-state index contributed by atoms with van der Waals surface area (Å²) < 4.78 is 0. The van der Waals surface area contributed by atoms with Crippen LogP contribution < -0.4 is 5.32 Å². The monoisotopic (exact) mass is 241 g/mol. The van der Waals surface area contributed by atoms with Gasteiger partial charge >= 0.3 is 0 Å². The molecule has 1 amide bonds. The van der Waals surface area contributed by atoms with Crippen molar-refractivity contribution < 1.29 is 9.59 Å². The molecule has 5 heteroatoms. The van der Waals surface area contributed by atoms with E-state index in [4.69, 9.17) is 11.6 Å². The van der Waals surface area contributed by atoms with Gasteiger partial charge in [-0.15, -0.1) is 11.8 Å². The molecule has 0 saturated carbocycles. The number of nitrogens with one attached hydrogen (secondary N) is 1. The van der Waals surface area contributed by atoms with E-state index in [1.807, 2.05) is 6.92 Å². The number of carbonyl (C=O) groups is 2. The molecule has 1 N–H and O–H groups in total. The van der Waals surface area contributed by atoms with E-state index in [0.29, 0.717) is 11.3 Å². The van der Waals surface area contributed by atoms with Crippen molar-refractivity contribution in [3.8, 4) is 0 Å². The van der Waals surface area contributed by atoms with Crippen LogP contribution in [0.2, 0.25) is 0 Å². The van der Waals surface area contributed by atoms with Crippen molar-refractivity contribution in [2.75, 3.05) is 5.32 Å². The van der Waals surface area contributed by atoms with Gasteiger partial charge in [-0.2, -0.15) is 0 Å². The molecule has 0 aliphatic carbocycles. The van der Waals surface area contributed by atoms with Crippen LogP contribution in [-0.2, 0) is 4.79 Å². The van der Waals surface area contributed by atoms with Gasteiger partial charge in [0, 0.05) is 10.5 Å². The smallest absolute Gasteiger partial charge is 0.252 e. The van der Waals surface area contributed by atoms with Gasteiger partial charge in [0.05, 0.1) is 10.9 Å². The number of anilines is 1. The predicted octanol–water partition coefficient (Wildman–Crippen LogP) is 2.50. The van der Waals surface area contributed by atoms with Crippen molar-refractivity contribution in [3.63, 3.8) is 0 Å². The van der Waals surface area contributed by atoms with Crippen LogP contribution in [0.5, 0.6) is 0 Å². The van der Waals surface area contributed by atoms with Gasteiger partial charge in [-0.3, -0.25) is 9.59 Å². The topological polar surface area (TPSA) is 46.2 Å². The van der Waals surface area contributed by atoms with Crippen LogP contribution in [0.15, 0.2) is 23.1 Å². The molecule has 0 fully saturated rings. The fourth-order valence-corrected chi connectivity index (χ4v) is 2.38. The molecule has 2 rings (SSSR count). The molecule has 1 aromatic carbocycles. The van der Waals surface area contributed by atoms with Gasteiger partial charge < -0.3 is 5.32 Å². The normalized spacial score (nSPS) is 19.3. The number of thioether (sulfide) groups is 1. The highest BCUT2D eigenvalue weighted by molar-refractivity contribution is 8.00. The molecule has 15 heavy (non-hydrogen) atoms. The van der Waals surface area contributed by atoms with Crippen molar-refractivity contribution in [2.45, 2.75) is 17.1 Å². The molecule has 1 heterocycles. The predicted molar refractivity (Wildman–Crippen MR) is 60.6 cm³/mol. The molecule has 0 saturated heterocycles. The second-order valence-electron chi connectivity index (χ2n) is 3.23. The molecule has 0 bridgehead atoms. The Balaban J connectivity index is 2.41. The minimum absolute atomic E-state index is 0.0494. The first-order chi connectivity index (χ1) is 7.08. The summed E-state index contributed by atoms with van der Waals surface area (Å²) in [6, 6.07) is 5.05. The Morgan fingerprint density at radius 3 is 2.93 bits per heavy atom. The number of amides is 1. The number of hydrogen-bond acceptors (Lipinski definition) is 3. The van der Waals surface area contributed by atoms with Gasteiger partial charge in [-0.05, 0) is 36.7 Å². The molecule has 1 aliphatic rings. The van der Waals surface area contributed by atoms with Crippen LogP contribution in [0.1, 0.15) is 17.3 Å². The van der Waals surface area contributed by atoms with E-state index in [9.17, 15) is 9.59 Å². The first-order valence-corrected chi connectivity index (χ1v) is 5.65. The van der Waals surface area contributed by atoms with Gasteiger partial charge in [0.1, 0.15) is 0 Å². The van der Waals surface area contributed by atoms with E-state index >= 15 is 0 Å². The lowest BCUT2D eigenvalue weighted by atomic mass is 10.2. The molecule has 1 aliphatic heterocycles. The zero-order valence-electron chi connectivity index (χ0n) is 7.91. The van der Waals surface area contributed by atoms with Gasteiger partial charge in [0.25, 0.3) is 5.24 Å². The summed E-state index contributed by atoms with van der Waals surface area (Å²) in [5.41, 5.74) is 1.06. The van der Waals surface area contributed by atoms with Crippen molar-refractivity contribution in [2.24, 2.45) is 0 Å². The molecule has 0 radical (unpaired) electrons. The van der Waals surface area contributed by atoms with E-state index in [2.05, 4.69) is 5.32 Å². The molecule has 3 nitrogen and oxygen atoms in total. The average molecular weight is 242 g/mol. The van der Waals surface area contributed by atoms with Crippen molar-refractivity contribution in [1.82, 2.24) is 0 Å². The standard InChI is InChI=1S/C10H8ClNO2S/c1-5-10(14)12-7-4-6(9(11)13)2-3-8(7)15-5/h2-5H,1H3,(H,12,14). The van der Waals surface area contributed by atoms with Crippen LogP contribution in [0.25, 0.3) is 0 Å². The maximum atomic E-state index is 11.4. The number of halogens is 1. The number of benzene rings is 1. The largest absolute Gasteiger partial charge is 0.324 e. The summed E-state index contributed by atoms with van der Waals surface area (Å²) in [5, 5.41) is 2.11. The third-order valence-electron chi connectivity index (χ3n) is 2.14. The Bertz CT molecular complexity index is 447. The Hall–Kier alpha value is -1.00. The summed E-state index contributed by atoms with van der Waals surface area (Å²) in [6.45, 7) is 1.84. The molecule has 1 unspecified atom stereocenters. The SMILES string of the molecule is CC1Sc2ccc(C(=O)Cl)cc2NC1=O. The van der Waals surface area contributed by atoms with Gasteiger partial charge in [0.2, 0.25) is 5.91 Å². The molecular weight excluding hydrogens is 234 g/mol. The van der Waals surface area contributed by atoms with E-state index < -0.39 is 5.24 Å². The Labute approximate surface area is 96.2 Å². The van der Waals surface area contributed by atoms with Crippen LogP contribution in [0.4, 0.5) is 5.69 Å². The molecule has 78 valence electrons. The Morgan fingerprint density at radius 1 is 1.53 bits per heavy atom. The fraction of sp³-hybridized carbons (Fsp3) is 0.200. The molecular formula is C10H8ClNO2S. The van der Waals surface area contributed by atoms with Crippen molar-refractivity contribution in [1.29, 1.82) is 0 Å². The minimum Gasteiger partial charge on any atom is -0.324 e. The number of fused-ring (bicyclic) bond motifs is 1. The Kier molecular flexibility index (Phi) is 2.71. The van der Waals surface area contributed by atoms with Gasteiger partial charge in [-0.25, -0.2) is 0 Å². The lowest BCUT2D eigenvalue weighted by Crippen LogP contribution is -2.26. The quantitative estimate of drug-likeness (QED) is 0.769. The second kappa shape index (κ2) is 3.87. The van der Waals surface area contributed by atoms with E-state index in [1.54, 1.807) is 18.2 Å². The van der Waals surface area contributed by atoms with Crippen LogP contribution in [-0.4, -0.2) is 16.4 Å². The highest BCUT2D eigenvalue weighted by Gasteiger charge is 2.23. The fourth-order valence-electron chi connectivity index (χ4n) is 1.33. The average Bonchev–Trinajstić information content (AvgIpc) is 2.19. The lowest BCUT2D eigenvalue weighted by molar-refractivity contribution is -0.115. The summed E-state index contributed by atoms with van der Waals surface area (Å²) in [5.74, 6) is -0.0494. The van der Waals surface area contributed by atoms with E-state index in [1.165, 1.54) is 11.8 Å². The molecule has 0 spiro atoms. The van der Waals surface area contributed by atoms with Crippen LogP contribution in [0.3, 0.4) is 0 Å². The zero-order chi connectivity index (χ0) is 11.0. The van der Waals surface area contributed by atoms with Gasteiger partial charge in [-0.1, -0.05) is 0 Å². The summed E-state index contributed by atoms with van der Waals surface area (Å²) in [4.78, 5) is 23.3. The number of hydrogen-bond donors (Lipinski definition) is 1. The summed E-state index contributed by atoms with van der Waals surface area (Å²) in [7, 11) is 0. The van der Waals surface area contributed by atoms with Gasteiger partial charge in [0.15, 0.2) is 0 Å². The minimum atomic E-state index is -0.518. The summed E-state index contributed by atoms with van der Waals surface area (Å²) in [6.07, 6.45) is 0. The lowest BCUT2D eigenvalue weighted by Gasteiger charge is -2.21. The highest BCUT2D eigenvalue weighted by Crippen LogP contribution is 2.36.